The largest absolute Gasteiger partial charge is 0.489 e. The van der Waals surface area contributed by atoms with E-state index in [0.717, 1.165) is 11.1 Å². The SMILES string of the molecule is O=C(CCCN1C(=O)/C(=C/C=C/c2ccccc2)SC1=S)NNC(=O)c1ccc(OCc2ccccc2)cc1. The Hall–Kier alpha value is -4.21. The van der Waals surface area contributed by atoms with Crippen LogP contribution >= 0.6 is 24.0 Å². The van der Waals surface area contributed by atoms with Crippen molar-refractivity contribution in [1.29, 1.82) is 0 Å². The molecule has 4 rings (SSSR count). The lowest BCUT2D eigenvalue weighted by Gasteiger charge is -2.14. The minimum atomic E-state index is -0.441. The molecule has 3 amide bonds. The minimum Gasteiger partial charge on any atom is -0.489 e. The van der Waals surface area contributed by atoms with Crippen molar-refractivity contribution in [3.05, 3.63) is 119 Å². The van der Waals surface area contributed by atoms with Gasteiger partial charge in [-0.1, -0.05) is 96.8 Å². The van der Waals surface area contributed by atoms with Gasteiger partial charge in [0.2, 0.25) is 5.91 Å². The molecule has 1 saturated heterocycles. The number of hydrogen-bond donors (Lipinski definition) is 2. The van der Waals surface area contributed by atoms with E-state index in [1.807, 2.05) is 72.8 Å². The average Bonchev–Trinajstić information content (AvgIpc) is 3.23. The van der Waals surface area contributed by atoms with Gasteiger partial charge in [-0.25, -0.2) is 0 Å². The summed E-state index contributed by atoms with van der Waals surface area (Å²) in [6.07, 6.45) is 6.00. The number of hydrazine groups is 1. The van der Waals surface area contributed by atoms with Gasteiger partial charge in [-0.15, -0.1) is 0 Å². The van der Waals surface area contributed by atoms with Crippen LogP contribution in [-0.2, 0) is 16.2 Å². The maximum atomic E-state index is 12.7. The van der Waals surface area contributed by atoms with E-state index in [4.69, 9.17) is 17.0 Å². The van der Waals surface area contributed by atoms with Crippen molar-refractivity contribution in [2.45, 2.75) is 19.4 Å². The van der Waals surface area contributed by atoms with E-state index >= 15 is 0 Å². The Labute approximate surface area is 236 Å². The highest BCUT2D eigenvalue weighted by atomic mass is 32.2. The van der Waals surface area contributed by atoms with E-state index in [2.05, 4.69) is 10.9 Å². The second-order valence-electron chi connectivity index (χ2n) is 8.53. The quantitative estimate of drug-likeness (QED) is 0.201. The summed E-state index contributed by atoms with van der Waals surface area (Å²) in [5.41, 5.74) is 7.28. The van der Waals surface area contributed by atoms with Crippen molar-refractivity contribution >= 4 is 52.1 Å². The molecule has 0 aromatic heterocycles. The van der Waals surface area contributed by atoms with Crippen molar-refractivity contribution in [3.63, 3.8) is 0 Å². The maximum Gasteiger partial charge on any atom is 0.269 e. The molecule has 2 N–H and O–H groups in total. The lowest BCUT2D eigenvalue weighted by atomic mass is 10.2. The summed E-state index contributed by atoms with van der Waals surface area (Å²) in [5, 5.41) is 0. The standard InChI is InChI=1S/C30H27N3O4S2/c34-27(31-32-28(35)24-16-18-25(19-17-24)37-21-23-11-5-2-6-12-23)15-8-20-33-29(36)26(39-30(33)38)14-7-13-22-9-3-1-4-10-22/h1-7,9-14,16-19H,8,15,20-21H2,(H,31,34)(H,32,35)/b13-7+,26-14-. The molecule has 39 heavy (non-hydrogen) atoms. The zero-order valence-corrected chi connectivity index (χ0v) is 22.7. The van der Waals surface area contributed by atoms with Gasteiger partial charge in [0.15, 0.2) is 0 Å². The molecule has 9 heteroatoms. The summed E-state index contributed by atoms with van der Waals surface area (Å²) in [6, 6.07) is 26.2. The molecular formula is C30H27N3O4S2. The van der Waals surface area contributed by atoms with Gasteiger partial charge in [-0.05, 0) is 47.9 Å². The highest BCUT2D eigenvalue weighted by Crippen LogP contribution is 2.31. The van der Waals surface area contributed by atoms with Gasteiger partial charge in [0.05, 0.1) is 4.91 Å². The number of carbonyl (C=O) groups is 3. The zero-order valence-electron chi connectivity index (χ0n) is 21.0. The Balaban J connectivity index is 1.16. The zero-order chi connectivity index (χ0) is 27.5. The first-order valence-electron chi connectivity index (χ1n) is 12.3. The second-order valence-corrected chi connectivity index (χ2v) is 10.2. The Morgan fingerprint density at radius 3 is 2.33 bits per heavy atom. The number of benzene rings is 3. The second kappa shape index (κ2) is 14.1. The third-order valence-corrected chi connectivity index (χ3v) is 7.07. The van der Waals surface area contributed by atoms with Crippen LogP contribution in [-0.4, -0.2) is 33.5 Å². The number of carbonyl (C=O) groups excluding carboxylic acids is 3. The fourth-order valence-corrected chi connectivity index (χ4v) is 4.88. The number of hydrogen-bond acceptors (Lipinski definition) is 6. The Morgan fingerprint density at radius 2 is 1.62 bits per heavy atom. The topological polar surface area (TPSA) is 87.7 Å². The number of nitrogens with zero attached hydrogens (tertiary/aromatic N) is 1. The lowest BCUT2D eigenvalue weighted by Crippen LogP contribution is -2.41. The number of allylic oxidation sites excluding steroid dienone is 2. The van der Waals surface area contributed by atoms with E-state index in [0.29, 0.717) is 40.1 Å². The van der Waals surface area contributed by atoms with Gasteiger partial charge in [0, 0.05) is 18.5 Å². The first-order valence-corrected chi connectivity index (χ1v) is 13.5. The summed E-state index contributed by atoms with van der Waals surface area (Å²) in [6.45, 7) is 0.744. The van der Waals surface area contributed by atoms with E-state index < -0.39 is 5.91 Å². The minimum absolute atomic E-state index is 0.122. The van der Waals surface area contributed by atoms with E-state index in [-0.39, 0.29) is 18.2 Å². The van der Waals surface area contributed by atoms with Crippen LogP contribution in [0.1, 0.15) is 34.3 Å². The Morgan fingerprint density at radius 1 is 0.923 bits per heavy atom. The van der Waals surface area contributed by atoms with Gasteiger partial charge < -0.3 is 4.74 Å². The van der Waals surface area contributed by atoms with Gasteiger partial charge in [0.1, 0.15) is 16.7 Å². The molecule has 1 fully saturated rings. The first-order chi connectivity index (χ1) is 19.0. The van der Waals surface area contributed by atoms with Crippen LogP contribution in [0.15, 0.2) is 102 Å². The van der Waals surface area contributed by atoms with Crippen LogP contribution in [0, 0.1) is 0 Å². The predicted octanol–water partition coefficient (Wildman–Crippen LogP) is 5.26. The van der Waals surface area contributed by atoms with Crippen LogP contribution in [0.2, 0.25) is 0 Å². The number of nitrogens with one attached hydrogen (secondary N) is 2. The third kappa shape index (κ3) is 8.39. The number of thiocarbonyl (C=S) groups is 1. The predicted molar refractivity (Wildman–Crippen MR) is 158 cm³/mol. The van der Waals surface area contributed by atoms with Crippen molar-refractivity contribution in [2.75, 3.05) is 6.54 Å². The van der Waals surface area contributed by atoms with Crippen molar-refractivity contribution < 1.29 is 19.1 Å². The monoisotopic (exact) mass is 557 g/mol. The third-order valence-electron chi connectivity index (χ3n) is 5.68. The molecule has 3 aromatic rings. The Kier molecular flexibility index (Phi) is 10.0. The number of rotatable bonds is 10. The van der Waals surface area contributed by atoms with Crippen LogP contribution in [0.3, 0.4) is 0 Å². The molecule has 1 heterocycles. The molecule has 0 bridgehead atoms. The van der Waals surface area contributed by atoms with Gasteiger partial charge in [0.25, 0.3) is 11.8 Å². The lowest BCUT2D eigenvalue weighted by molar-refractivity contribution is -0.124. The summed E-state index contributed by atoms with van der Waals surface area (Å²) >= 11 is 6.59. The molecule has 0 aliphatic carbocycles. The maximum absolute atomic E-state index is 12.7. The van der Waals surface area contributed by atoms with E-state index in [1.54, 1.807) is 30.3 Å². The molecule has 1 aliphatic heterocycles. The van der Waals surface area contributed by atoms with Crippen LogP contribution in [0.5, 0.6) is 5.75 Å². The summed E-state index contributed by atoms with van der Waals surface area (Å²) in [7, 11) is 0. The molecule has 0 spiro atoms. The summed E-state index contributed by atoms with van der Waals surface area (Å²) < 4.78 is 6.19. The molecular weight excluding hydrogens is 530 g/mol. The van der Waals surface area contributed by atoms with E-state index in [1.165, 1.54) is 16.7 Å². The van der Waals surface area contributed by atoms with E-state index in [9.17, 15) is 14.4 Å². The van der Waals surface area contributed by atoms with Crippen LogP contribution in [0.4, 0.5) is 0 Å². The smallest absolute Gasteiger partial charge is 0.269 e. The molecule has 0 unspecified atom stereocenters. The molecule has 3 aromatic carbocycles. The Bertz CT molecular complexity index is 1370. The molecule has 1 aliphatic rings. The van der Waals surface area contributed by atoms with Crippen LogP contribution in [0.25, 0.3) is 6.08 Å². The van der Waals surface area contributed by atoms with Crippen molar-refractivity contribution in [2.24, 2.45) is 0 Å². The molecule has 198 valence electrons. The van der Waals surface area contributed by atoms with Gasteiger partial charge in [-0.3, -0.25) is 30.1 Å². The average molecular weight is 558 g/mol. The fraction of sp³-hybridized carbons (Fsp3) is 0.133. The summed E-state index contributed by atoms with van der Waals surface area (Å²) in [5.74, 6) is -0.341. The normalized spacial score (nSPS) is 14.2. The van der Waals surface area contributed by atoms with Gasteiger partial charge in [-0.2, -0.15) is 0 Å². The first kappa shape index (κ1) is 27.8. The summed E-state index contributed by atoms with van der Waals surface area (Å²) in [4.78, 5) is 39.3. The molecule has 0 atom stereocenters. The molecule has 0 saturated carbocycles. The van der Waals surface area contributed by atoms with Gasteiger partial charge >= 0.3 is 0 Å². The van der Waals surface area contributed by atoms with Crippen LogP contribution < -0.4 is 15.6 Å². The number of amides is 3. The highest BCUT2D eigenvalue weighted by molar-refractivity contribution is 8.26. The number of thioether (sulfide) groups is 1. The fourth-order valence-electron chi connectivity index (χ4n) is 3.62. The molecule has 7 nitrogen and oxygen atoms in total. The van der Waals surface area contributed by atoms with Crippen molar-refractivity contribution in [3.8, 4) is 5.75 Å². The molecule has 0 radical (unpaired) electrons. The van der Waals surface area contributed by atoms with Crippen molar-refractivity contribution in [1.82, 2.24) is 15.8 Å². The highest BCUT2D eigenvalue weighted by Gasteiger charge is 2.31. The number of ether oxygens (including phenoxy) is 1.